The second-order valence-corrected chi connectivity index (χ2v) is 3.44. The molecule has 1 aliphatic heterocycles. The maximum atomic E-state index is 9.61. The highest BCUT2D eigenvalue weighted by Crippen LogP contribution is 2.21. The van der Waals surface area contributed by atoms with E-state index < -0.39 is 0 Å². The maximum Gasteiger partial charge on any atom is 0.220 e. The molecule has 0 radical (unpaired) electrons. The summed E-state index contributed by atoms with van der Waals surface area (Å²) < 4.78 is 5.43. The largest absolute Gasteiger partial charge is 0.507 e. The Balaban J connectivity index is 2.22. The fraction of sp³-hybridized carbons (Fsp3) is 0.250. The number of aliphatic imine (C=N–C) groups is 1. The highest BCUT2D eigenvalue weighted by atomic mass is 16.5. The van der Waals surface area contributed by atoms with E-state index in [0.717, 1.165) is 6.42 Å². The van der Waals surface area contributed by atoms with Crippen LogP contribution in [0, 0.1) is 0 Å². The predicted molar refractivity (Wildman–Crippen MR) is 59.2 cm³/mol. The third kappa shape index (κ3) is 2.01. The first-order valence-electron chi connectivity index (χ1n) is 4.91. The SMILES string of the molecule is C=CC[C@@H]1COC(c2ccccc2O)=N1. The predicted octanol–water partition coefficient (Wildman–Crippen LogP) is 2.11. The highest BCUT2D eigenvalue weighted by Gasteiger charge is 2.20. The summed E-state index contributed by atoms with van der Waals surface area (Å²) in [6, 6.07) is 7.18. The Morgan fingerprint density at radius 2 is 2.33 bits per heavy atom. The van der Waals surface area contributed by atoms with Crippen LogP contribution >= 0.6 is 0 Å². The lowest BCUT2D eigenvalue weighted by atomic mass is 10.2. The molecule has 1 aliphatic rings. The minimum Gasteiger partial charge on any atom is -0.507 e. The molecule has 1 aromatic carbocycles. The van der Waals surface area contributed by atoms with Crippen LogP contribution in [0.2, 0.25) is 0 Å². The van der Waals surface area contributed by atoms with E-state index in [4.69, 9.17) is 4.74 Å². The Bertz CT molecular complexity index is 398. The van der Waals surface area contributed by atoms with Gasteiger partial charge in [-0.3, -0.25) is 0 Å². The highest BCUT2D eigenvalue weighted by molar-refractivity contribution is 5.97. The zero-order valence-electron chi connectivity index (χ0n) is 8.39. The average Bonchev–Trinajstić information content (AvgIpc) is 2.68. The van der Waals surface area contributed by atoms with Crippen LogP contribution in [0.3, 0.4) is 0 Å². The van der Waals surface area contributed by atoms with Crippen molar-refractivity contribution in [1.82, 2.24) is 0 Å². The zero-order valence-corrected chi connectivity index (χ0v) is 8.39. The zero-order chi connectivity index (χ0) is 10.7. The van der Waals surface area contributed by atoms with Crippen molar-refractivity contribution >= 4 is 5.90 Å². The van der Waals surface area contributed by atoms with Crippen molar-refractivity contribution in [3.05, 3.63) is 42.5 Å². The van der Waals surface area contributed by atoms with Crippen LogP contribution in [0.1, 0.15) is 12.0 Å². The summed E-state index contributed by atoms with van der Waals surface area (Å²) in [7, 11) is 0. The maximum absolute atomic E-state index is 9.61. The van der Waals surface area contributed by atoms with Gasteiger partial charge in [-0.2, -0.15) is 0 Å². The van der Waals surface area contributed by atoms with Crippen molar-refractivity contribution in [2.24, 2.45) is 4.99 Å². The number of ether oxygens (including phenoxy) is 1. The molecule has 1 aromatic rings. The molecule has 0 fully saturated rings. The van der Waals surface area contributed by atoms with Crippen molar-refractivity contribution in [2.45, 2.75) is 12.5 Å². The Hall–Kier alpha value is -1.77. The first-order chi connectivity index (χ1) is 7.31. The lowest BCUT2D eigenvalue weighted by Gasteiger charge is -2.02. The lowest BCUT2D eigenvalue weighted by Crippen LogP contribution is -2.04. The number of aromatic hydroxyl groups is 1. The molecule has 1 N–H and O–H groups in total. The number of hydrogen-bond acceptors (Lipinski definition) is 3. The van der Waals surface area contributed by atoms with Gasteiger partial charge in [0, 0.05) is 0 Å². The van der Waals surface area contributed by atoms with Gasteiger partial charge < -0.3 is 9.84 Å². The van der Waals surface area contributed by atoms with Crippen LogP contribution in [-0.4, -0.2) is 23.7 Å². The van der Waals surface area contributed by atoms with Gasteiger partial charge in [-0.1, -0.05) is 18.2 Å². The van der Waals surface area contributed by atoms with Gasteiger partial charge in [-0.05, 0) is 18.6 Å². The Morgan fingerprint density at radius 3 is 3.07 bits per heavy atom. The first kappa shape index (κ1) is 9.77. The number of phenolic OH excluding ortho intramolecular Hbond substituents is 1. The summed E-state index contributed by atoms with van der Waals surface area (Å²) in [6.07, 6.45) is 2.63. The second-order valence-electron chi connectivity index (χ2n) is 3.44. The van der Waals surface area contributed by atoms with Crippen LogP contribution in [0.5, 0.6) is 5.75 Å². The van der Waals surface area contributed by atoms with E-state index in [-0.39, 0.29) is 11.8 Å². The van der Waals surface area contributed by atoms with Crippen LogP contribution in [0.15, 0.2) is 41.9 Å². The molecule has 0 bridgehead atoms. The van der Waals surface area contributed by atoms with Gasteiger partial charge >= 0.3 is 0 Å². The van der Waals surface area contributed by atoms with E-state index in [1.165, 1.54) is 0 Å². The van der Waals surface area contributed by atoms with Crippen molar-refractivity contribution in [1.29, 1.82) is 0 Å². The van der Waals surface area contributed by atoms with E-state index in [0.29, 0.717) is 18.1 Å². The van der Waals surface area contributed by atoms with E-state index in [9.17, 15) is 5.11 Å². The van der Waals surface area contributed by atoms with Crippen molar-refractivity contribution in [2.75, 3.05) is 6.61 Å². The topological polar surface area (TPSA) is 41.8 Å². The van der Waals surface area contributed by atoms with Crippen LogP contribution in [0.25, 0.3) is 0 Å². The summed E-state index contributed by atoms with van der Waals surface area (Å²) in [5.41, 5.74) is 0.657. The van der Waals surface area contributed by atoms with E-state index >= 15 is 0 Å². The van der Waals surface area contributed by atoms with Gasteiger partial charge in [0.25, 0.3) is 0 Å². The lowest BCUT2D eigenvalue weighted by molar-refractivity contribution is 0.317. The van der Waals surface area contributed by atoms with Crippen LogP contribution < -0.4 is 0 Å². The van der Waals surface area contributed by atoms with Crippen molar-refractivity contribution in [3.8, 4) is 5.75 Å². The summed E-state index contributed by atoms with van der Waals surface area (Å²) in [4.78, 5) is 4.37. The van der Waals surface area contributed by atoms with E-state index in [1.54, 1.807) is 18.2 Å². The third-order valence-corrected chi connectivity index (χ3v) is 2.29. The van der Waals surface area contributed by atoms with Crippen LogP contribution in [0.4, 0.5) is 0 Å². The molecule has 1 heterocycles. The summed E-state index contributed by atoms with van der Waals surface area (Å²) in [6.45, 7) is 4.23. The van der Waals surface area contributed by atoms with E-state index in [2.05, 4.69) is 11.6 Å². The minimum absolute atomic E-state index is 0.136. The van der Waals surface area contributed by atoms with Gasteiger partial charge in [-0.15, -0.1) is 6.58 Å². The van der Waals surface area contributed by atoms with Gasteiger partial charge in [0.15, 0.2) is 0 Å². The van der Waals surface area contributed by atoms with Crippen molar-refractivity contribution in [3.63, 3.8) is 0 Å². The summed E-state index contributed by atoms with van der Waals surface area (Å²) in [5, 5.41) is 9.61. The monoisotopic (exact) mass is 203 g/mol. The smallest absolute Gasteiger partial charge is 0.220 e. The molecule has 15 heavy (non-hydrogen) atoms. The fourth-order valence-corrected chi connectivity index (χ4v) is 1.53. The number of phenols is 1. The first-order valence-corrected chi connectivity index (χ1v) is 4.91. The van der Waals surface area contributed by atoms with E-state index in [1.807, 2.05) is 12.1 Å². The quantitative estimate of drug-likeness (QED) is 0.764. The normalized spacial score (nSPS) is 19.5. The number of rotatable bonds is 3. The third-order valence-electron chi connectivity index (χ3n) is 2.29. The van der Waals surface area contributed by atoms with Gasteiger partial charge in [0.05, 0.1) is 11.6 Å². The number of hydrogen-bond donors (Lipinski definition) is 1. The molecule has 78 valence electrons. The molecule has 3 nitrogen and oxygen atoms in total. The number of nitrogens with zero attached hydrogens (tertiary/aromatic N) is 1. The summed E-state index contributed by atoms with van der Waals surface area (Å²) >= 11 is 0. The average molecular weight is 203 g/mol. The number of benzene rings is 1. The number of para-hydroxylation sites is 1. The van der Waals surface area contributed by atoms with Gasteiger partial charge in [0.1, 0.15) is 12.4 Å². The molecule has 0 saturated heterocycles. The molecular formula is C12H13NO2. The second kappa shape index (κ2) is 4.17. The molecule has 1 atom stereocenters. The van der Waals surface area contributed by atoms with Gasteiger partial charge in [0.2, 0.25) is 5.90 Å². The molecule has 2 rings (SSSR count). The Labute approximate surface area is 88.7 Å². The molecule has 3 heteroatoms. The molecule has 0 aromatic heterocycles. The van der Waals surface area contributed by atoms with Crippen LogP contribution in [-0.2, 0) is 4.74 Å². The fourth-order valence-electron chi connectivity index (χ4n) is 1.53. The minimum atomic E-state index is 0.136. The standard InChI is InChI=1S/C12H13NO2/c1-2-5-9-8-15-12(13-9)10-6-3-4-7-11(10)14/h2-4,6-7,9,14H,1,5,8H2/t9-/m1/s1. The molecular weight excluding hydrogens is 190 g/mol. The Kier molecular flexibility index (Phi) is 2.72. The molecule has 0 spiro atoms. The van der Waals surface area contributed by atoms with Gasteiger partial charge in [-0.25, -0.2) is 4.99 Å². The molecule has 0 amide bonds. The molecule has 0 saturated carbocycles. The van der Waals surface area contributed by atoms with Crippen molar-refractivity contribution < 1.29 is 9.84 Å². The summed E-state index contributed by atoms with van der Waals surface area (Å²) in [5.74, 6) is 0.732. The Morgan fingerprint density at radius 1 is 1.53 bits per heavy atom. The molecule has 0 unspecified atom stereocenters. The molecule has 0 aliphatic carbocycles.